The van der Waals surface area contributed by atoms with Crippen LogP contribution in [0.2, 0.25) is 0 Å². The van der Waals surface area contributed by atoms with E-state index in [4.69, 9.17) is 9.90 Å². The monoisotopic (exact) mass is 554 g/mol. The highest BCUT2D eigenvalue weighted by Crippen LogP contribution is 2.45. The molecule has 0 N–H and O–H groups in total. The summed E-state index contributed by atoms with van der Waals surface area (Å²) >= 11 is 0. The average molecular weight is 555 g/mol. The summed E-state index contributed by atoms with van der Waals surface area (Å²) in [5.41, 5.74) is 4.82. The number of benzene rings is 8. The summed E-state index contributed by atoms with van der Waals surface area (Å²) in [5, 5.41) is 4.51. The van der Waals surface area contributed by atoms with Crippen LogP contribution in [-0.2, 0) is 0 Å². The topological polar surface area (TPSA) is 13.1 Å². The van der Waals surface area contributed by atoms with Crippen molar-refractivity contribution in [3.05, 3.63) is 158 Å². The van der Waals surface area contributed by atoms with Gasteiger partial charge in [-0.25, -0.2) is 0 Å². The van der Waals surface area contributed by atoms with Gasteiger partial charge in [0.2, 0.25) is 0 Å². The van der Waals surface area contributed by atoms with Crippen molar-refractivity contribution in [1.82, 2.24) is 0 Å². The Labute approximate surface area is 260 Å². The van der Waals surface area contributed by atoms with Gasteiger partial charge in [0.15, 0.2) is 0 Å². The SMILES string of the molecule is [2H]c1c([2H])c([2H])c2c(-c3ccc4oc5ccccc5c4c3)c3c([2H])c([2H])c([2H])c([2H])c3c(-c3cccc(-c4ccc5ccccc5c4)c3)c2c1[2H]. The van der Waals surface area contributed by atoms with E-state index < -0.39 is 24.2 Å². The lowest BCUT2D eigenvalue weighted by molar-refractivity contribution is 0.669. The lowest BCUT2D eigenvalue weighted by atomic mass is 9.85. The molecule has 0 saturated heterocycles. The van der Waals surface area contributed by atoms with E-state index in [1.807, 2.05) is 91.0 Å². The van der Waals surface area contributed by atoms with Crippen LogP contribution >= 0.6 is 0 Å². The van der Waals surface area contributed by atoms with Gasteiger partial charge in [0.05, 0.1) is 11.0 Å². The lowest BCUT2D eigenvalue weighted by Gasteiger charge is -2.18. The minimum absolute atomic E-state index is 0.178. The quantitative estimate of drug-likeness (QED) is 0.198. The molecule has 1 aromatic heterocycles. The van der Waals surface area contributed by atoms with Gasteiger partial charge in [-0.3, -0.25) is 0 Å². The smallest absolute Gasteiger partial charge is 0.135 e. The molecule has 0 fully saturated rings. The normalized spacial score (nSPS) is 14.3. The van der Waals surface area contributed by atoms with Crippen LogP contribution in [0.4, 0.5) is 0 Å². The first-order chi connectivity index (χ1) is 24.6. The number of para-hydroxylation sites is 1. The van der Waals surface area contributed by atoms with E-state index in [-0.39, 0.29) is 45.7 Å². The zero-order chi connectivity index (χ0) is 35.3. The van der Waals surface area contributed by atoms with E-state index in [0.29, 0.717) is 33.4 Å². The molecule has 9 rings (SSSR count). The van der Waals surface area contributed by atoms with E-state index in [1.54, 1.807) is 12.1 Å². The van der Waals surface area contributed by atoms with Crippen molar-refractivity contribution in [3.63, 3.8) is 0 Å². The highest BCUT2D eigenvalue weighted by molar-refractivity contribution is 6.22. The number of fused-ring (bicyclic) bond motifs is 6. The first-order valence-electron chi connectivity index (χ1n) is 18.1. The van der Waals surface area contributed by atoms with Crippen LogP contribution in [0.25, 0.3) is 87.6 Å². The second-order valence-electron chi connectivity index (χ2n) is 10.7. The molecule has 0 saturated carbocycles. The second kappa shape index (κ2) is 9.44. The Balaban J connectivity index is 1.46. The van der Waals surface area contributed by atoms with Crippen LogP contribution in [0.1, 0.15) is 11.0 Å². The molecular weight excluding hydrogens is 520 g/mol. The number of rotatable bonds is 3. The Hall–Kier alpha value is -5.66. The standard InChI is InChI=1S/C42H26O/c1-2-11-28-24-30(21-20-27(28)10-1)29-12-9-13-31(25-29)41-34-15-3-5-17-36(34)42(37-18-6-4-16-35(37)41)32-22-23-40-38(26-32)33-14-7-8-19-39(33)43-40/h1-26H/i3D,4D,5D,6D,15D,16D,17D,18D. The molecule has 0 atom stereocenters. The molecule has 0 aliphatic carbocycles. The maximum Gasteiger partial charge on any atom is 0.135 e. The molecule has 1 heteroatoms. The zero-order valence-electron chi connectivity index (χ0n) is 30.8. The molecule has 0 radical (unpaired) electrons. The lowest BCUT2D eigenvalue weighted by Crippen LogP contribution is -1.91. The average Bonchev–Trinajstić information content (AvgIpc) is 3.54. The predicted octanol–water partition coefficient (Wildman–Crippen LogP) is 12.0. The summed E-state index contributed by atoms with van der Waals surface area (Å²) in [6.07, 6.45) is 0. The highest BCUT2D eigenvalue weighted by atomic mass is 16.3. The minimum atomic E-state index is -0.431. The summed E-state index contributed by atoms with van der Waals surface area (Å²) in [5.74, 6) is 0. The van der Waals surface area contributed by atoms with E-state index in [9.17, 15) is 5.48 Å². The fourth-order valence-corrected chi connectivity index (χ4v) is 6.31. The third kappa shape index (κ3) is 3.79. The van der Waals surface area contributed by atoms with Crippen LogP contribution in [0.3, 0.4) is 0 Å². The molecule has 9 aromatic rings. The van der Waals surface area contributed by atoms with Gasteiger partial charge in [0.25, 0.3) is 0 Å². The van der Waals surface area contributed by atoms with Crippen molar-refractivity contribution in [1.29, 1.82) is 0 Å². The Kier molecular flexibility index (Phi) is 3.80. The van der Waals surface area contributed by atoms with E-state index in [2.05, 4.69) is 6.07 Å². The second-order valence-corrected chi connectivity index (χ2v) is 10.7. The fourth-order valence-electron chi connectivity index (χ4n) is 6.31. The molecule has 0 aliphatic heterocycles. The Morgan fingerprint density at radius 2 is 0.930 bits per heavy atom. The molecule has 43 heavy (non-hydrogen) atoms. The molecule has 200 valence electrons. The van der Waals surface area contributed by atoms with Gasteiger partial charge in [-0.15, -0.1) is 0 Å². The minimum Gasteiger partial charge on any atom is -0.456 e. The van der Waals surface area contributed by atoms with Crippen molar-refractivity contribution in [2.24, 2.45) is 0 Å². The number of furan rings is 1. The molecule has 0 bridgehead atoms. The van der Waals surface area contributed by atoms with Crippen molar-refractivity contribution in [2.75, 3.05) is 0 Å². The van der Waals surface area contributed by atoms with Crippen molar-refractivity contribution in [3.8, 4) is 33.4 Å². The van der Waals surface area contributed by atoms with Gasteiger partial charge in [0, 0.05) is 10.8 Å². The Bertz CT molecular complexity index is 2880. The van der Waals surface area contributed by atoms with E-state index >= 15 is 0 Å². The molecule has 0 spiro atoms. The maximum atomic E-state index is 9.29. The third-order valence-electron chi connectivity index (χ3n) is 8.27. The Morgan fingerprint density at radius 3 is 1.67 bits per heavy atom. The summed E-state index contributed by atoms with van der Waals surface area (Å²) in [6.45, 7) is 0. The summed E-state index contributed by atoms with van der Waals surface area (Å²) < 4.78 is 78.2. The third-order valence-corrected chi connectivity index (χ3v) is 8.27. The van der Waals surface area contributed by atoms with Crippen LogP contribution in [0.5, 0.6) is 0 Å². The van der Waals surface area contributed by atoms with Crippen LogP contribution in [-0.4, -0.2) is 0 Å². The largest absolute Gasteiger partial charge is 0.456 e. The molecule has 1 heterocycles. The number of hydrogen-bond donors (Lipinski definition) is 0. The predicted molar refractivity (Wildman–Crippen MR) is 183 cm³/mol. The molecule has 0 amide bonds. The van der Waals surface area contributed by atoms with Crippen LogP contribution in [0.15, 0.2) is 162 Å². The molecule has 0 unspecified atom stereocenters. The fraction of sp³-hybridized carbons (Fsp3) is 0. The van der Waals surface area contributed by atoms with Crippen molar-refractivity contribution < 1.29 is 15.4 Å². The van der Waals surface area contributed by atoms with Gasteiger partial charge in [0.1, 0.15) is 11.2 Å². The first-order valence-corrected chi connectivity index (χ1v) is 14.1. The van der Waals surface area contributed by atoms with Gasteiger partial charge in [-0.05, 0) is 96.0 Å². The van der Waals surface area contributed by atoms with Gasteiger partial charge < -0.3 is 4.42 Å². The van der Waals surface area contributed by atoms with E-state index in [0.717, 1.165) is 32.7 Å². The highest BCUT2D eigenvalue weighted by Gasteiger charge is 2.18. The summed E-state index contributed by atoms with van der Waals surface area (Å²) in [4.78, 5) is 0. The zero-order valence-corrected chi connectivity index (χ0v) is 22.8. The first kappa shape index (κ1) is 17.3. The molecule has 8 aromatic carbocycles. The van der Waals surface area contributed by atoms with Crippen molar-refractivity contribution in [2.45, 2.75) is 0 Å². The maximum absolute atomic E-state index is 9.29. The van der Waals surface area contributed by atoms with Crippen LogP contribution < -0.4 is 0 Å². The van der Waals surface area contributed by atoms with Gasteiger partial charge in [-0.1, -0.05) is 127 Å². The van der Waals surface area contributed by atoms with Gasteiger partial charge >= 0.3 is 0 Å². The van der Waals surface area contributed by atoms with Gasteiger partial charge in [-0.2, -0.15) is 0 Å². The Morgan fingerprint density at radius 1 is 0.372 bits per heavy atom. The van der Waals surface area contributed by atoms with Crippen molar-refractivity contribution >= 4 is 54.3 Å². The number of hydrogen-bond acceptors (Lipinski definition) is 1. The summed E-state index contributed by atoms with van der Waals surface area (Å²) in [6, 6.07) is 31.9. The molecule has 0 aliphatic rings. The molecule has 1 nitrogen and oxygen atoms in total. The summed E-state index contributed by atoms with van der Waals surface area (Å²) in [7, 11) is 0. The molecular formula is C42H26O. The van der Waals surface area contributed by atoms with E-state index in [1.165, 1.54) is 0 Å². The van der Waals surface area contributed by atoms with Crippen LogP contribution in [0, 0.1) is 0 Å².